The Kier molecular flexibility index (Phi) is 8.43. The van der Waals surface area contributed by atoms with Crippen LogP contribution in [0.3, 0.4) is 0 Å². The molecule has 8 heteroatoms. The Hall–Kier alpha value is -2.45. The van der Waals surface area contributed by atoms with Gasteiger partial charge in [-0.1, -0.05) is 19.1 Å². The summed E-state index contributed by atoms with van der Waals surface area (Å²) in [5, 5.41) is 2.01. The Balaban J connectivity index is 1.74. The average molecular weight is 449 g/mol. The van der Waals surface area contributed by atoms with Crippen molar-refractivity contribution in [2.24, 2.45) is 0 Å². The molecule has 0 radical (unpaired) electrons. The summed E-state index contributed by atoms with van der Waals surface area (Å²) in [6.07, 6.45) is 1.78. The molecule has 2 amide bonds. The van der Waals surface area contributed by atoms with E-state index < -0.39 is 5.82 Å². The zero-order chi connectivity index (χ0) is 22.2. The number of methoxy groups -OCH3 is 1. The summed E-state index contributed by atoms with van der Waals surface area (Å²) in [5.41, 5.74) is 1.04. The molecule has 1 atom stereocenters. The Morgan fingerprint density at radius 2 is 2.10 bits per heavy atom. The van der Waals surface area contributed by atoms with Gasteiger partial charge in [0.05, 0.1) is 12.6 Å². The Morgan fingerprint density at radius 1 is 1.29 bits per heavy atom. The second kappa shape index (κ2) is 11.2. The summed E-state index contributed by atoms with van der Waals surface area (Å²) in [4.78, 5) is 30.2. The van der Waals surface area contributed by atoms with Gasteiger partial charge in [-0.15, -0.1) is 11.3 Å². The van der Waals surface area contributed by atoms with Gasteiger partial charge in [-0.05, 0) is 42.0 Å². The lowest BCUT2D eigenvalue weighted by Gasteiger charge is -2.37. The number of halogens is 1. The highest BCUT2D eigenvalue weighted by Gasteiger charge is 2.33. The van der Waals surface area contributed by atoms with E-state index in [2.05, 4.69) is 0 Å². The maximum absolute atomic E-state index is 14.0. The normalized spacial score (nSPS) is 15.5. The first-order chi connectivity index (χ1) is 15.0. The highest BCUT2D eigenvalue weighted by atomic mass is 32.1. The molecule has 1 aliphatic heterocycles. The van der Waals surface area contributed by atoms with E-state index in [1.165, 1.54) is 10.9 Å². The van der Waals surface area contributed by atoms with Gasteiger partial charge in [-0.3, -0.25) is 9.59 Å². The molecule has 0 unspecified atom stereocenters. The number of carbonyl (C=O) groups is 2. The van der Waals surface area contributed by atoms with Crippen LogP contribution in [0.15, 0.2) is 35.7 Å². The van der Waals surface area contributed by atoms with Crippen LogP contribution < -0.4 is 4.74 Å². The maximum atomic E-state index is 14.0. The highest BCUT2D eigenvalue weighted by Crippen LogP contribution is 2.34. The van der Waals surface area contributed by atoms with Crippen LogP contribution in [-0.2, 0) is 20.7 Å². The second-order valence-corrected chi connectivity index (χ2v) is 8.41. The summed E-state index contributed by atoms with van der Waals surface area (Å²) in [7, 11) is 1.61. The van der Waals surface area contributed by atoms with Crippen LogP contribution in [0.25, 0.3) is 0 Å². The predicted molar refractivity (Wildman–Crippen MR) is 118 cm³/mol. The second-order valence-electron chi connectivity index (χ2n) is 7.41. The minimum Gasteiger partial charge on any atom is -0.488 e. The number of thiophene rings is 1. The molecule has 6 nitrogen and oxygen atoms in total. The monoisotopic (exact) mass is 448 g/mol. The van der Waals surface area contributed by atoms with E-state index in [-0.39, 0.29) is 36.8 Å². The molecular weight excluding hydrogens is 419 g/mol. The number of para-hydroxylation sites is 1. The summed E-state index contributed by atoms with van der Waals surface area (Å²) in [6, 6.07) is 7.94. The maximum Gasteiger partial charge on any atom is 0.242 e. The third-order valence-corrected chi connectivity index (χ3v) is 6.40. The molecule has 1 aromatic heterocycles. The summed E-state index contributed by atoms with van der Waals surface area (Å²) in [5.74, 6) is -0.450. The van der Waals surface area contributed by atoms with Crippen molar-refractivity contribution in [3.63, 3.8) is 0 Å². The number of fused-ring (bicyclic) bond motifs is 1. The molecule has 0 N–H and O–H groups in total. The van der Waals surface area contributed by atoms with E-state index in [1.54, 1.807) is 53.4 Å². The number of nitrogens with zero attached hydrogens (tertiary/aromatic N) is 2. The lowest BCUT2D eigenvalue weighted by atomic mass is 10.0. The van der Waals surface area contributed by atoms with Crippen molar-refractivity contribution in [2.45, 2.75) is 32.2 Å². The zero-order valence-corrected chi connectivity index (χ0v) is 18.8. The van der Waals surface area contributed by atoms with Crippen molar-refractivity contribution in [1.29, 1.82) is 0 Å². The Labute approximate surface area is 186 Å². The molecule has 168 valence electrons. The molecule has 0 saturated heterocycles. The van der Waals surface area contributed by atoms with E-state index in [0.29, 0.717) is 32.5 Å². The van der Waals surface area contributed by atoms with Gasteiger partial charge in [0.2, 0.25) is 11.8 Å². The van der Waals surface area contributed by atoms with Crippen LogP contribution >= 0.6 is 11.3 Å². The molecule has 0 bridgehead atoms. The molecule has 2 aromatic rings. The van der Waals surface area contributed by atoms with Gasteiger partial charge in [0.1, 0.15) is 6.61 Å². The third kappa shape index (κ3) is 5.83. The molecule has 0 saturated carbocycles. The Bertz CT molecular complexity index is 888. The minimum atomic E-state index is -0.431. The van der Waals surface area contributed by atoms with Gasteiger partial charge in [0, 0.05) is 38.1 Å². The first kappa shape index (κ1) is 23.2. The fraction of sp³-hybridized carbons (Fsp3) is 0.478. The zero-order valence-electron chi connectivity index (χ0n) is 18.0. The van der Waals surface area contributed by atoms with Gasteiger partial charge in [-0.25, -0.2) is 4.39 Å². The molecule has 1 aromatic carbocycles. The van der Waals surface area contributed by atoms with Crippen molar-refractivity contribution in [3.8, 4) is 5.75 Å². The highest BCUT2D eigenvalue weighted by molar-refractivity contribution is 7.10. The SMILES string of the molecule is CCC(=O)N(CCCOC)CC(=O)N1CCc2sccc2[C@@H]1COc1ccccc1F. The third-order valence-electron chi connectivity index (χ3n) is 5.41. The molecular formula is C23H29FN2O4S. The van der Waals surface area contributed by atoms with Gasteiger partial charge in [-0.2, -0.15) is 0 Å². The molecule has 0 fully saturated rings. The molecule has 0 aliphatic carbocycles. The topological polar surface area (TPSA) is 59.1 Å². The molecule has 1 aliphatic rings. The van der Waals surface area contributed by atoms with Crippen molar-refractivity contribution in [1.82, 2.24) is 9.80 Å². The molecule has 31 heavy (non-hydrogen) atoms. The largest absolute Gasteiger partial charge is 0.488 e. The predicted octanol–water partition coefficient (Wildman–Crippen LogP) is 3.67. The standard InChI is InChI=1S/C23H29FN2O4S/c1-3-22(27)25(11-6-13-29-2)15-23(28)26-12-9-21-17(10-14-31-21)19(26)16-30-20-8-5-4-7-18(20)24/h4-5,7-8,10,14,19H,3,6,9,11-13,15-16H2,1-2H3/t19-/m0/s1. The number of carbonyl (C=O) groups excluding carboxylic acids is 2. The van der Waals surface area contributed by atoms with Crippen molar-refractivity contribution < 1.29 is 23.5 Å². The quantitative estimate of drug-likeness (QED) is 0.521. The van der Waals surface area contributed by atoms with Gasteiger partial charge in [0.15, 0.2) is 11.6 Å². The number of hydrogen-bond acceptors (Lipinski definition) is 5. The fourth-order valence-electron chi connectivity index (χ4n) is 3.77. The smallest absolute Gasteiger partial charge is 0.242 e. The van der Waals surface area contributed by atoms with Gasteiger partial charge in [0.25, 0.3) is 0 Å². The van der Waals surface area contributed by atoms with E-state index in [0.717, 1.165) is 12.0 Å². The van der Waals surface area contributed by atoms with E-state index in [4.69, 9.17) is 9.47 Å². The summed E-state index contributed by atoms with van der Waals surface area (Å²) >= 11 is 1.66. The number of benzene rings is 1. The van der Waals surface area contributed by atoms with Crippen LogP contribution in [-0.4, -0.2) is 61.6 Å². The lowest BCUT2D eigenvalue weighted by Crippen LogP contribution is -2.48. The lowest BCUT2D eigenvalue weighted by molar-refractivity contribution is -0.142. The van der Waals surface area contributed by atoms with E-state index in [1.807, 2.05) is 11.4 Å². The Morgan fingerprint density at radius 3 is 2.84 bits per heavy atom. The summed E-state index contributed by atoms with van der Waals surface area (Å²) in [6.45, 7) is 3.51. The number of ether oxygens (including phenoxy) is 2. The minimum absolute atomic E-state index is 0.0199. The first-order valence-corrected chi connectivity index (χ1v) is 11.4. The van der Waals surface area contributed by atoms with Crippen LogP contribution in [0.5, 0.6) is 5.75 Å². The molecule has 2 heterocycles. The van der Waals surface area contributed by atoms with Crippen molar-refractivity contribution >= 4 is 23.2 Å². The number of hydrogen-bond donors (Lipinski definition) is 0. The summed E-state index contributed by atoms with van der Waals surface area (Å²) < 4.78 is 24.9. The van der Waals surface area contributed by atoms with Crippen LogP contribution in [0.2, 0.25) is 0 Å². The fourth-order valence-corrected chi connectivity index (χ4v) is 4.70. The van der Waals surface area contributed by atoms with E-state index >= 15 is 0 Å². The molecule has 0 spiro atoms. The van der Waals surface area contributed by atoms with Gasteiger partial charge >= 0.3 is 0 Å². The van der Waals surface area contributed by atoms with E-state index in [9.17, 15) is 14.0 Å². The van der Waals surface area contributed by atoms with Crippen molar-refractivity contribution in [3.05, 3.63) is 52.0 Å². The molecule has 3 rings (SSSR count). The number of rotatable bonds is 10. The number of amides is 2. The van der Waals surface area contributed by atoms with Crippen LogP contribution in [0.4, 0.5) is 4.39 Å². The van der Waals surface area contributed by atoms with Crippen molar-refractivity contribution in [2.75, 3.05) is 40.0 Å². The van der Waals surface area contributed by atoms with Crippen LogP contribution in [0.1, 0.15) is 36.2 Å². The van der Waals surface area contributed by atoms with Gasteiger partial charge < -0.3 is 19.3 Å². The average Bonchev–Trinajstić information content (AvgIpc) is 3.26. The van der Waals surface area contributed by atoms with Crippen LogP contribution in [0, 0.1) is 5.82 Å². The first-order valence-electron chi connectivity index (χ1n) is 10.5.